The smallest absolute Gasteiger partial charge is 0.335 e. The lowest BCUT2D eigenvalue weighted by Gasteiger charge is -2.23. The van der Waals surface area contributed by atoms with Crippen molar-refractivity contribution in [3.8, 4) is 5.69 Å². The van der Waals surface area contributed by atoms with Gasteiger partial charge in [-0.3, -0.25) is 19.5 Å². The van der Waals surface area contributed by atoms with E-state index in [9.17, 15) is 19.5 Å². The number of aliphatic hydroxyl groups excluding tert-OH is 1. The third kappa shape index (κ3) is 5.47. The molecule has 192 valence electrons. The lowest BCUT2D eigenvalue weighted by Crippen LogP contribution is -2.42. The van der Waals surface area contributed by atoms with Crippen LogP contribution in [0.5, 0.6) is 0 Å². The molecule has 2 atom stereocenters. The maximum Gasteiger partial charge on any atom is 0.335 e. The van der Waals surface area contributed by atoms with E-state index in [4.69, 9.17) is 27.9 Å². The first-order valence-corrected chi connectivity index (χ1v) is 12.4. The van der Waals surface area contributed by atoms with E-state index >= 15 is 0 Å². The highest BCUT2D eigenvalue weighted by molar-refractivity contribution is 6.31. The molecule has 1 heterocycles. The van der Waals surface area contributed by atoms with Crippen molar-refractivity contribution < 1.29 is 14.6 Å². The van der Waals surface area contributed by atoms with Gasteiger partial charge in [0.2, 0.25) is 0 Å². The Kier molecular flexibility index (Phi) is 8.14. The third-order valence-corrected chi connectivity index (χ3v) is 6.63. The highest BCUT2D eigenvalue weighted by Crippen LogP contribution is 2.25. The van der Waals surface area contributed by atoms with E-state index in [0.29, 0.717) is 32.7 Å². The minimum Gasteiger partial charge on any atom is -0.448 e. The van der Waals surface area contributed by atoms with E-state index in [-0.39, 0.29) is 12.5 Å². The number of fused-ring (bicyclic) bond motifs is 1. The number of alkyl halides is 1. The fourth-order valence-corrected chi connectivity index (χ4v) is 4.71. The van der Waals surface area contributed by atoms with Gasteiger partial charge in [-0.2, -0.15) is 0 Å². The number of carbonyl (C=O) groups excluding carboxylic acids is 1. The number of rotatable bonds is 8. The van der Waals surface area contributed by atoms with Gasteiger partial charge in [0.25, 0.3) is 5.56 Å². The van der Waals surface area contributed by atoms with E-state index < -0.39 is 29.5 Å². The van der Waals surface area contributed by atoms with Crippen molar-refractivity contribution in [2.45, 2.75) is 25.6 Å². The summed E-state index contributed by atoms with van der Waals surface area (Å²) in [6, 6.07) is 17.5. The van der Waals surface area contributed by atoms with Gasteiger partial charge in [0, 0.05) is 17.6 Å². The average Bonchev–Trinajstić information content (AvgIpc) is 2.88. The molecule has 0 saturated heterocycles. The Morgan fingerprint density at radius 1 is 1.05 bits per heavy atom. The van der Waals surface area contributed by atoms with E-state index in [1.807, 2.05) is 0 Å². The van der Waals surface area contributed by atoms with Crippen LogP contribution in [0.25, 0.3) is 16.6 Å². The molecular formula is C27H25Cl2N3O5. The van der Waals surface area contributed by atoms with Crippen LogP contribution in [0.1, 0.15) is 22.9 Å². The Bertz CT molecular complexity index is 1540. The fraction of sp³-hybridized carbons (Fsp3) is 0.222. The van der Waals surface area contributed by atoms with Crippen LogP contribution in [0, 0.1) is 6.92 Å². The molecule has 0 radical (unpaired) electrons. The van der Waals surface area contributed by atoms with Crippen LogP contribution < -0.4 is 16.6 Å². The van der Waals surface area contributed by atoms with Gasteiger partial charge in [0.15, 0.2) is 6.07 Å². The Morgan fingerprint density at radius 3 is 2.43 bits per heavy atom. The van der Waals surface area contributed by atoms with Gasteiger partial charge < -0.3 is 9.84 Å². The monoisotopic (exact) mass is 541 g/mol. The second-order valence-corrected chi connectivity index (χ2v) is 9.16. The normalized spacial score (nSPS) is 12.9. The first kappa shape index (κ1) is 26.6. The number of aromatic nitrogens is 2. The highest BCUT2D eigenvalue weighted by Gasteiger charge is 2.25. The number of benzene rings is 3. The van der Waals surface area contributed by atoms with Crippen molar-refractivity contribution in [3.05, 3.63) is 109 Å². The zero-order chi connectivity index (χ0) is 26.7. The summed E-state index contributed by atoms with van der Waals surface area (Å²) in [5.74, 6) is -0.651. The number of halogens is 2. The number of nitrogens with zero attached hydrogens (tertiary/aromatic N) is 2. The Hall–Kier alpha value is -3.43. The van der Waals surface area contributed by atoms with E-state index in [2.05, 4.69) is 5.32 Å². The molecular weight excluding hydrogens is 517 g/mol. The quantitative estimate of drug-likeness (QED) is 0.201. The molecule has 1 aromatic heterocycles. The first-order chi connectivity index (χ1) is 17.7. The maximum absolute atomic E-state index is 13.1. The molecule has 4 aromatic rings. The van der Waals surface area contributed by atoms with E-state index in [1.54, 1.807) is 80.7 Å². The van der Waals surface area contributed by atoms with Gasteiger partial charge in [-0.1, -0.05) is 59.6 Å². The number of carbonyl (C=O) groups is 1. The predicted molar refractivity (Wildman–Crippen MR) is 143 cm³/mol. The molecule has 0 aliphatic heterocycles. The number of hydrogen-bond donors (Lipinski definition) is 2. The zero-order valence-corrected chi connectivity index (χ0v) is 21.7. The Morgan fingerprint density at radius 2 is 1.76 bits per heavy atom. The van der Waals surface area contributed by atoms with Gasteiger partial charge >= 0.3 is 11.7 Å². The second kappa shape index (κ2) is 11.3. The molecule has 0 saturated carbocycles. The first-order valence-electron chi connectivity index (χ1n) is 11.4. The fourth-order valence-electron chi connectivity index (χ4n) is 4.28. The summed E-state index contributed by atoms with van der Waals surface area (Å²) in [6.45, 7) is 1.80. The number of aliphatic hydroxyl groups is 1. The largest absolute Gasteiger partial charge is 0.448 e. The number of hydrogen-bond acceptors (Lipinski definition) is 6. The SMILES string of the molecule is Cc1cccc(Cl)c1C(O)N[C@@H](Cc1ccc(-n2c(=O)c3ccccc3n(C)c2=O)cc1)C(=O)OCCl. The summed E-state index contributed by atoms with van der Waals surface area (Å²) in [5, 5.41) is 14.5. The van der Waals surface area contributed by atoms with Crippen molar-refractivity contribution in [2.24, 2.45) is 7.05 Å². The molecule has 10 heteroatoms. The lowest BCUT2D eigenvalue weighted by atomic mass is 10.0. The molecule has 0 bridgehead atoms. The molecule has 4 rings (SSSR count). The summed E-state index contributed by atoms with van der Waals surface area (Å²) < 4.78 is 7.51. The average molecular weight is 542 g/mol. The standard InChI is InChI=1S/C27H25Cl2N3O5/c1-16-6-5-8-20(29)23(16)24(33)30-21(26(35)37-15-28)14-17-10-12-18(13-11-17)32-25(34)19-7-3-4-9-22(19)31(2)27(32)36/h3-13,21,24,30,33H,14-15H2,1-2H3/t21-,24?/m0/s1. The van der Waals surface area contributed by atoms with Crippen molar-refractivity contribution in [3.63, 3.8) is 0 Å². The van der Waals surface area contributed by atoms with Crippen LogP contribution in [-0.2, 0) is 23.0 Å². The van der Waals surface area contributed by atoms with Crippen molar-refractivity contribution in [1.29, 1.82) is 0 Å². The molecule has 2 N–H and O–H groups in total. The molecule has 3 aromatic carbocycles. The van der Waals surface area contributed by atoms with Crippen LogP contribution >= 0.6 is 23.2 Å². The molecule has 0 aliphatic carbocycles. The molecule has 0 aliphatic rings. The van der Waals surface area contributed by atoms with E-state index in [1.165, 1.54) is 4.57 Å². The molecule has 0 fully saturated rings. The van der Waals surface area contributed by atoms with Crippen LogP contribution in [0.4, 0.5) is 0 Å². The Labute approximate surface area is 222 Å². The summed E-state index contributed by atoms with van der Waals surface area (Å²) in [6.07, 6.45) is -1.10. The molecule has 0 spiro atoms. The van der Waals surface area contributed by atoms with Crippen LogP contribution in [0.15, 0.2) is 76.3 Å². The zero-order valence-electron chi connectivity index (χ0n) is 20.2. The van der Waals surface area contributed by atoms with Crippen LogP contribution in [0.3, 0.4) is 0 Å². The van der Waals surface area contributed by atoms with Crippen molar-refractivity contribution in [2.75, 3.05) is 6.07 Å². The number of ether oxygens (including phenoxy) is 1. The van der Waals surface area contributed by atoms with Crippen molar-refractivity contribution in [1.82, 2.24) is 14.5 Å². The summed E-state index contributed by atoms with van der Waals surface area (Å²) >= 11 is 11.9. The van der Waals surface area contributed by atoms with E-state index in [0.717, 1.165) is 10.1 Å². The van der Waals surface area contributed by atoms with Gasteiger partial charge in [-0.15, -0.1) is 0 Å². The van der Waals surface area contributed by atoms with Gasteiger partial charge in [-0.25, -0.2) is 9.36 Å². The topological polar surface area (TPSA) is 103 Å². The van der Waals surface area contributed by atoms with Crippen LogP contribution in [0.2, 0.25) is 5.02 Å². The Balaban J connectivity index is 1.63. The molecule has 37 heavy (non-hydrogen) atoms. The molecule has 0 amide bonds. The number of para-hydroxylation sites is 1. The summed E-state index contributed by atoms with van der Waals surface area (Å²) in [5.41, 5.74) is 1.94. The van der Waals surface area contributed by atoms with Gasteiger partial charge in [0.1, 0.15) is 12.3 Å². The second-order valence-electron chi connectivity index (χ2n) is 8.53. The summed E-state index contributed by atoms with van der Waals surface area (Å²) in [7, 11) is 1.61. The van der Waals surface area contributed by atoms with Crippen molar-refractivity contribution >= 4 is 40.1 Å². The maximum atomic E-state index is 13.1. The number of esters is 1. The molecule has 8 nitrogen and oxygen atoms in total. The predicted octanol–water partition coefficient (Wildman–Crippen LogP) is 3.58. The minimum absolute atomic E-state index is 0.140. The lowest BCUT2D eigenvalue weighted by molar-refractivity contribution is -0.145. The number of aryl methyl sites for hydroxylation is 2. The third-order valence-electron chi connectivity index (χ3n) is 6.20. The minimum atomic E-state index is -1.24. The summed E-state index contributed by atoms with van der Waals surface area (Å²) in [4.78, 5) is 38.6. The van der Waals surface area contributed by atoms with Gasteiger partial charge in [-0.05, 0) is 54.8 Å². The van der Waals surface area contributed by atoms with Gasteiger partial charge in [0.05, 0.1) is 16.6 Å². The molecule has 1 unspecified atom stereocenters. The van der Waals surface area contributed by atoms with Crippen LogP contribution in [-0.4, -0.2) is 32.3 Å². The highest BCUT2D eigenvalue weighted by atomic mass is 35.5. The number of nitrogens with one attached hydrogen (secondary N) is 1.